The normalized spacial score (nSPS) is 36.7. The number of amides is 2. The van der Waals surface area contributed by atoms with Gasteiger partial charge in [-0.1, -0.05) is 98.7 Å². The van der Waals surface area contributed by atoms with Gasteiger partial charge in [-0.25, -0.2) is 38.4 Å². The quantitative estimate of drug-likeness (QED) is 0.0592. The summed E-state index contributed by atoms with van der Waals surface area (Å²) >= 11 is 0. The molecule has 4 aliphatic heterocycles. The Morgan fingerprint density at radius 1 is 0.574 bits per heavy atom. The average Bonchev–Trinajstić information content (AvgIpc) is 0.936. The molecule has 4 bridgehead atoms. The third-order valence-electron chi connectivity index (χ3n) is 27.2. The molecule has 2 aromatic rings. The van der Waals surface area contributed by atoms with Gasteiger partial charge in [-0.2, -0.15) is 0 Å². The Balaban J connectivity index is 0.000000238. The lowest BCUT2D eigenvalue weighted by Crippen LogP contribution is -2.82. The van der Waals surface area contributed by atoms with Crippen LogP contribution in [0.15, 0.2) is 83.0 Å². The van der Waals surface area contributed by atoms with E-state index in [0.717, 1.165) is 33.0 Å². The van der Waals surface area contributed by atoms with E-state index in [0.29, 0.717) is 0 Å². The van der Waals surface area contributed by atoms with Crippen molar-refractivity contribution in [3.05, 3.63) is 94.1 Å². The van der Waals surface area contributed by atoms with Crippen LogP contribution < -0.4 is 5.32 Å². The number of nitrogens with one attached hydrogen (secondary N) is 1. The van der Waals surface area contributed by atoms with Crippen molar-refractivity contribution in [2.75, 3.05) is 27.4 Å². The molecule has 2 amide bonds. The second-order valence-corrected chi connectivity index (χ2v) is 38.2. The summed E-state index contributed by atoms with van der Waals surface area (Å²) in [6, 6.07) is 12.8. The van der Waals surface area contributed by atoms with Crippen molar-refractivity contribution in [1.82, 2.24) is 10.2 Å². The zero-order chi connectivity index (χ0) is 91.0. The van der Waals surface area contributed by atoms with E-state index in [1.807, 2.05) is 0 Å². The molecule has 6 aliphatic carbocycles. The molecule has 7 unspecified atom stereocenters. The van der Waals surface area contributed by atoms with Crippen LogP contribution in [-0.2, 0) is 99.8 Å². The zero-order valence-corrected chi connectivity index (χ0v) is 72.5. The number of fused-ring (bicyclic) bond motifs is 10. The highest BCUT2D eigenvalue weighted by atomic mass is 16.8. The first kappa shape index (κ1) is 93.5. The molecule has 0 radical (unpaired) electrons. The second-order valence-electron chi connectivity index (χ2n) is 38.2. The number of aliphatic hydroxyl groups excluding tert-OH is 5. The SMILES string of the molecule is COC(=O)O[C@@]12CO[C@@H]1CC(O)[C@@]1(C)C(=O)[C@H](OC(C)=O)C3=C(C)[C@@H](OC(=O)[C@H](O)[C@@H](N4C(=O)OC(C)(C)C4O)C(C)(C)C)C[C@@](O)([C@@H](OC(=O)c4ccccc4)C12)C3(C)C.COC(=O)O[C@@]12CO[C@@H]1CC(O)[C@@]1(C)C(=O)[C@H](OC(C)=O)C3=C(C)[C@H](OC(=O)C4OC(O)C(C)(C)[C@@H]4NC(=O)OC(C)(C)C)C[C@@](O)([C@@H](OC(=O)c4ccccc4)C12)C3(C)C. The van der Waals surface area contributed by atoms with E-state index in [4.69, 9.17) is 71.1 Å². The van der Waals surface area contributed by atoms with Crippen molar-refractivity contribution in [2.24, 2.45) is 44.3 Å². The van der Waals surface area contributed by atoms with Gasteiger partial charge in [0.05, 0.1) is 85.5 Å². The van der Waals surface area contributed by atoms with Crippen molar-refractivity contribution in [3.8, 4) is 0 Å². The molecule has 0 aromatic heterocycles. The van der Waals surface area contributed by atoms with Gasteiger partial charge in [0.25, 0.3) is 0 Å². The van der Waals surface area contributed by atoms with E-state index in [1.165, 1.54) is 79.7 Å². The highest BCUT2D eigenvalue weighted by Gasteiger charge is 2.81. The summed E-state index contributed by atoms with van der Waals surface area (Å²) in [6.07, 6.45) is -28.9. The maximum absolute atomic E-state index is 15.5. The first-order valence-electron chi connectivity index (χ1n) is 40.4. The molecular formula is C86H114N2O34. The predicted octanol–water partition coefficient (Wildman–Crippen LogP) is 5.81. The van der Waals surface area contributed by atoms with Crippen LogP contribution in [0.1, 0.15) is 185 Å². The van der Waals surface area contributed by atoms with Crippen LogP contribution in [-0.4, -0.2) is 271 Å². The third-order valence-corrected chi connectivity index (χ3v) is 27.2. The molecule has 36 heteroatoms. The van der Waals surface area contributed by atoms with E-state index >= 15 is 9.59 Å². The zero-order valence-electron chi connectivity index (χ0n) is 72.5. The van der Waals surface area contributed by atoms with E-state index in [1.54, 1.807) is 106 Å². The standard InChI is InChI=1S/2C43H57NO17/c1-20-23(58-34(50)27(47)30(38(3,4)5)44-35(51)40(8,9)60-36(44)52)18-43(54)32(59-33(49)22-15-13-12-14-16-22)29-41(10,31(48)28(57-21(2)45)26(20)39(43,6)7)24(46)17-25-42(29,19-56-25)61-37(53)55-11;1-20-23(57-34(49)28-30(39(6,7)35(50)58-28)44-36(51)60-38(3,4)5)18-43(53)32(59-33(48)22-15-13-12-14-16-22)29-41(10,31(47)27(56-21(2)45)26(20)40(43,8)9)24(46)17-25-42(29,19-55-25)61-37(52)54-11/h12-16,23-25,27-30,32,35,46-47,51,54H,17-19H2,1-11H3;12-16,23-25,27-30,32,35,46,50,53H,17-19H2,1-11H3,(H,44,51)/t23-,24?,25+,27+,28+,29?,30+,32-,35?,41+,42-,43+;23-,24?,25-,27-,28?,29?,30-,32+,35?,41-,42+,43-/m01/s1. The molecule has 24 atom stereocenters. The molecule has 12 rings (SSSR count). The minimum Gasteiger partial charge on any atom is -0.456 e. The van der Waals surface area contributed by atoms with Gasteiger partial charge in [0.2, 0.25) is 0 Å². The summed E-state index contributed by atoms with van der Waals surface area (Å²) in [7, 11) is 2.12. The molecule has 4 heterocycles. The van der Waals surface area contributed by atoms with Crippen molar-refractivity contribution in [3.63, 3.8) is 0 Å². The van der Waals surface area contributed by atoms with E-state index in [9.17, 15) is 83.7 Å². The fourth-order valence-electron chi connectivity index (χ4n) is 20.3. The fourth-order valence-corrected chi connectivity index (χ4v) is 20.3. The number of hydrogen-bond donors (Lipinski definition) is 8. The Morgan fingerprint density at radius 2 is 0.975 bits per heavy atom. The van der Waals surface area contributed by atoms with Crippen LogP contribution in [0, 0.1) is 44.3 Å². The number of ketones is 2. The Labute approximate surface area is 705 Å². The smallest absolute Gasteiger partial charge is 0.456 e. The number of nitrogens with zero attached hydrogens (tertiary/aromatic N) is 1. The number of Topliss-reactive ketones (excluding diaryl/α,β-unsaturated/α-hetero) is 2. The molecule has 8 fully saturated rings. The highest BCUT2D eigenvalue weighted by molar-refractivity contribution is 5.97. The minimum absolute atomic E-state index is 0.0158. The first-order valence-corrected chi connectivity index (χ1v) is 40.4. The van der Waals surface area contributed by atoms with Gasteiger partial charge in [-0.3, -0.25) is 24.1 Å². The van der Waals surface area contributed by atoms with Gasteiger partial charge in [0, 0.05) is 55.8 Å². The molecule has 36 nitrogen and oxygen atoms in total. The summed E-state index contributed by atoms with van der Waals surface area (Å²) < 4.78 is 86.5. The van der Waals surface area contributed by atoms with Crippen LogP contribution in [0.25, 0.3) is 0 Å². The molecule has 122 heavy (non-hydrogen) atoms. The minimum atomic E-state index is -2.46. The third kappa shape index (κ3) is 15.4. The Hall–Kier alpha value is -9.24. The number of rotatable bonds is 15. The van der Waals surface area contributed by atoms with Gasteiger partial charge in [-0.05, 0) is 114 Å². The lowest BCUT2D eigenvalue weighted by atomic mass is 9.44. The Kier molecular flexibility index (Phi) is 24.8. The van der Waals surface area contributed by atoms with Crippen molar-refractivity contribution >= 4 is 71.9 Å². The molecule has 4 saturated heterocycles. The van der Waals surface area contributed by atoms with Gasteiger partial charge < -0.3 is 112 Å². The van der Waals surface area contributed by atoms with Crippen LogP contribution in [0.3, 0.4) is 0 Å². The monoisotopic (exact) mass is 1720 g/mol. The summed E-state index contributed by atoms with van der Waals surface area (Å²) in [5, 5.41) is 88.0. The van der Waals surface area contributed by atoms with Gasteiger partial charge in [0.15, 0.2) is 65.3 Å². The largest absolute Gasteiger partial charge is 0.508 e. The van der Waals surface area contributed by atoms with Gasteiger partial charge in [-0.15, -0.1) is 0 Å². The van der Waals surface area contributed by atoms with Crippen LogP contribution in [0.5, 0.6) is 0 Å². The van der Waals surface area contributed by atoms with Gasteiger partial charge in [0.1, 0.15) is 53.4 Å². The average molecular weight is 1720 g/mol. The van der Waals surface area contributed by atoms with Crippen LogP contribution in [0.4, 0.5) is 19.2 Å². The molecule has 672 valence electrons. The summed E-state index contributed by atoms with van der Waals surface area (Å²) in [5.74, 6) is -11.3. The number of carbonyl (C=O) groups is 12. The molecule has 10 aliphatic rings. The number of ether oxygens (including phenoxy) is 15. The topological polar surface area (TPSA) is 500 Å². The van der Waals surface area contributed by atoms with Crippen molar-refractivity contribution < 1.29 is 164 Å². The number of benzene rings is 2. The summed E-state index contributed by atoms with van der Waals surface area (Å²) in [4.78, 5) is 167. The molecule has 8 N–H and O–H groups in total. The summed E-state index contributed by atoms with van der Waals surface area (Å²) in [5.41, 5.74) is -20.7. The molecule has 4 saturated carbocycles. The second kappa shape index (κ2) is 32.4. The summed E-state index contributed by atoms with van der Waals surface area (Å²) in [6.45, 7) is 29.0. The highest BCUT2D eigenvalue weighted by Crippen LogP contribution is 2.67. The molecule has 0 spiro atoms. The first-order chi connectivity index (χ1) is 56.3. The fraction of sp³-hybridized carbons (Fsp3) is 0.674. The number of hydrogen-bond acceptors (Lipinski definition) is 34. The number of alkyl carbamates (subject to hydrolysis) is 1. The number of carbonyl (C=O) groups excluding carboxylic acids is 12. The Bertz CT molecular complexity index is 4560. The maximum atomic E-state index is 15.5. The molecular weight excluding hydrogens is 1600 g/mol. The van der Waals surface area contributed by atoms with E-state index < -0.39 is 267 Å². The lowest BCUT2D eigenvalue weighted by Gasteiger charge is -2.67. The van der Waals surface area contributed by atoms with Crippen LogP contribution in [0.2, 0.25) is 0 Å². The maximum Gasteiger partial charge on any atom is 0.508 e. The number of aliphatic hydroxyl groups is 7. The number of esters is 6. The number of methoxy groups -OCH3 is 2. The van der Waals surface area contributed by atoms with Crippen molar-refractivity contribution in [1.29, 1.82) is 0 Å². The van der Waals surface area contributed by atoms with Crippen molar-refractivity contribution in [2.45, 2.75) is 296 Å². The predicted molar refractivity (Wildman–Crippen MR) is 416 cm³/mol. The molecule has 2 aromatic carbocycles. The van der Waals surface area contributed by atoms with E-state index in [2.05, 4.69) is 5.32 Å². The Morgan fingerprint density at radius 3 is 1.32 bits per heavy atom. The lowest BCUT2D eigenvalue weighted by molar-refractivity contribution is -0.344. The van der Waals surface area contributed by atoms with E-state index in [-0.39, 0.29) is 52.9 Å². The van der Waals surface area contributed by atoms with Crippen LogP contribution >= 0.6 is 0 Å². The van der Waals surface area contributed by atoms with Gasteiger partial charge >= 0.3 is 60.3 Å². The number of cyclic esters (lactones) is 1.